The van der Waals surface area contributed by atoms with E-state index in [0.717, 1.165) is 5.56 Å². The first-order chi connectivity index (χ1) is 8.74. The maximum atomic E-state index is 8.38. The molecule has 100 valence electrons. The zero-order chi connectivity index (χ0) is 13.6. The predicted molar refractivity (Wildman–Crippen MR) is 79.6 cm³/mol. The Morgan fingerprint density at radius 2 is 1.28 bits per heavy atom. The molecule has 0 aromatic heterocycles. The van der Waals surface area contributed by atoms with E-state index in [9.17, 15) is 0 Å². The van der Waals surface area contributed by atoms with E-state index in [1.54, 1.807) is 0 Å². The summed E-state index contributed by atoms with van der Waals surface area (Å²) in [5.74, 6) is 0. The minimum Gasteiger partial charge on any atom is -0.192 e. The molecule has 0 saturated heterocycles. The lowest BCUT2D eigenvalue weighted by Crippen LogP contribution is -1.76. The zero-order valence-electron chi connectivity index (χ0n) is 12.2. The van der Waals surface area contributed by atoms with Gasteiger partial charge in [-0.15, -0.1) is 0 Å². The van der Waals surface area contributed by atoms with Gasteiger partial charge in [0.05, 0.1) is 11.6 Å². The Kier molecular flexibility index (Phi) is 11.3. The van der Waals surface area contributed by atoms with E-state index in [2.05, 4.69) is 19.9 Å². The predicted octanol–water partition coefficient (Wildman–Crippen LogP) is 5.62. The van der Waals surface area contributed by atoms with Crippen molar-refractivity contribution in [2.45, 2.75) is 65.7 Å². The van der Waals surface area contributed by atoms with Gasteiger partial charge < -0.3 is 0 Å². The third-order valence-electron chi connectivity index (χ3n) is 2.89. The molecule has 0 unspecified atom stereocenters. The van der Waals surface area contributed by atoms with Crippen LogP contribution in [0.25, 0.3) is 0 Å². The summed E-state index contributed by atoms with van der Waals surface area (Å²) < 4.78 is 0. The third-order valence-corrected chi connectivity index (χ3v) is 2.89. The first-order valence-corrected chi connectivity index (χ1v) is 7.21. The lowest BCUT2D eigenvalue weighted by atomic mass is 10.1. The fraction of sp³-hybridized carbons (Fsp3) is 0.588. The smallest absolute Gasteiger partial charge is 0.0991 e. The van der Waals surface area contributed by atoms with Crippen molar-refractivity contribution in [3.05, 3.63) is 35.4 Å². The van der Waals surface area contributed by atoms with Crippen LogP contribution in [0, 0.1) is 18.3 Å². The molecule has 18 heavy (non-hydrogen) atoms. The summed E-state index contributed by atoms with van der Waals surface area (Å²) in [6.07, 6.45) is 9.97. The molecule has 0 saturated carbocycles. The van der Waals surface area contributed by atoms with Gasteiger partial charge in [0.15, 0.2) is 0 Å². The van der Waals surface area contributed by atoms with Crippen molar-refractivity contribution >= 4 is 0 Å². The summed E-state index contributed by atoms with van der Waals surface area (Å²) in [6.45, 7) is 6.53. The molecule has 1 nitrogen and oxygen atoms in total. The molecule has 0 heterocycles. The van der Waals surface area contributed by atoms with Crippen molar-refractivity contribution in [3.8, 4) is 6.07 Å². The molecule has 0 fully saturated rings. The van der Waals surface area contributed by atoms with E-state index in [1.807, 2.05) is 31.2 Å². The van der Waals surface area contributed by atoms with Gasteiger partial charge in [0.2, 0.25) is 0 Å². The first kappa shape index (κ1) is 16.7. The maximum Gasteiger partial charge on any atom is 0.0991 e. The van der Waals surface area contributed by atoms with Crippen molar-refractivity contribution in [3.63, 3.8) is 0 Å². The van der Waals surface area contributed by atoms with Crippen LogP contribution in [-0.2, 0) is 0 Å². The van der Waals surface area contributed by atoms with Crippen molar-refractivity contribution in [2.24, 2.45) is 0 Å². The average molecular weight is 245 g/mol. The highest BCUT2D eigenvalue weighted by Gasteiger charge is 1.86. The molecule has 1 aromatic carbocycles. The highest BCUT2D eigenvalue weighted by molar-refractivity contribution is 5.30. The number of hydrogen-bond donors (Lipinski definition) is 0. The third kappa shape index (κ3) is 9.90. The fourth-order valence-corrected chi connectivity index (χ4v) is 1.66. The number of nitrogens with zero attached hydrogens (tertiary/aromatic N) is 1. The largest absolute Gasteiger partial charge is 0.192 e. The van der Waals surface area contributed by atoms with Gasteiger partial charge in [-0.1, -0.05) is 76.5 Å². The normalized spacial score (nSPS) is 9.22. The van der Waals surface area contributed by atoms with E-state index in [-0.39, 0.29) is 0 Å². The maximum absolute atomic E-state index is 8.38. The standard InChI is InChI=1S/C9H20.C8H7N/c1-3-5-7-9-8-6-4-2;1-7-2-4-8(6-9)5-3-7/h3-9H2,1-2H3;2-5H,1H3. The molecule has 0 aliphatic rings. The minimum absolute atomic E-state index is 0.723. The Labute approximate surface area is 113 Å². The van der Waals surface area contributed by atoms with Crippen molar-refractivity contribution in [2.75, 3.05) is 0 Å². The molecule has 0 atom stereocenters. The molecule has 0 aliphatic carbocycles. The van der Waals surface area contributed by atoms with E-state index >= 15 is 0 Å². The molecule has 0 aliphatic heterocycles. The van der Waals surface area contributed by atoms with E-state index < -0.39 is 0 Å². The quantitative estimate of drug-likeness (QED) is 0.596. The van der Waals surface area contributed by atoms with Crippen LogP contribution in [0.4, 0.5) is 0 Å². The Morgan fingerprint density at radius 3 is 1.67 bits per heavy atom. The molecular weight excluding hydrogens is 218 g/mol. The summed E-state index contributed by atoms with van der Waals surface area (Å²) in [6, 6.07) is 9.54. The van der Waals surface area contributed by atoms with Gasteiger partial charge >= 0.3 is 0 Å². The minimum atomic E-state index is 0.723. The molecule has 1 heteroatoms. The molecule has 1 aromatic rings. The summed E-state index contributed by atoms with van der Waals surface area (Å²) in [4.78, 5) is 0. The highest BCUT2D eigenvalue weighted by Crippen LogP contribution is 2.05. The first-order valence-electron chi connectivity index (χ1n) is 7.21. The van der Waals surface area contributed by atoms with Crippen LogP contribution in [0.1, 0.15) is 69.9 Å². The number of unbranched alkanes of at least 4 members (excludes halogenated alkanes) is 6. The molecule has 0 N–H and O–H groups in total. The summed E-state index contributed by atoms with van der Waals surface area (Å²) in [5.41, 5.74) is 1.91. The zero-order valence-corrected chi connectivity index (χ0v) is 12.2. The monoisotopic (exact) mass is 245 g/mol. The second-order valence-corrected chi connectivity index (χ2v) is 4.75. The number of nitriles is 1. The Morgan fingerprint density at radius 1 is 0.833 bits per heavy atom. The Bertz CT molecular complexity index is 312. The number of rotatable bonds is 6. The van der Waals surface area contributed by atoms with Crippen molar-refractivity contribution < 1.29 is 0 Å². The summed E-state index contributed by atoms with van der Waals surface area (Å²) in [7, 11) is 0. The van der Waals surface area contributed by atoms with Crippen molar-refractivity contribution in [1.82, 2.24) is 0 Å². The number of aryl methyl sites for hydroxylation is 1. The van der Waals surface area contributed by atoms with Gasteiger partial charge in [-0.2, -0.15) is 5.26 Å². The van der Waals surface area contributed by atoms with Gasteiger partial charge in [-0.05, 0) is 19.1 Å². The topological polar surface area (TPSA) is 23.8 Å². The van der Waals surface area contributed by atoms with E-state index in [1.165, 1.54) is 50.5 Å². The van der Waals surface area contributed by atoms with Gasteiger partial charge in [0.1, 0.15) is 0 Å². The molecule has 0 bridgehead atoms. The van der Waals surface area contributed by atoms with Crippen LogP contribution in [0.2, 0.25) is 0 Å². The van der Waals surface area contributed by atoms with Crippen LogP contribution in [0.3, 0.4) is 0 Å². The summed E-state index contributed by atoms with van der Waals surface area (Å²) in [5, 5.41) is 8.38. The molecule has 0 amide bonds. The van der Waals surface area contributed by atoms with Crippen molar-refractivity contribution in [1.29, 1.82) is 5.26 Å². The fourth-order valence-electron chi connectivity index (χ4n) is 1.66. The lowest BCUT2D eigenvalue weighted by Gasteiger charge is -1.96. The number of hydrogen-bond acceptors (Lipinski definition) is 1. The van der Waals surface area contributed by atoms with Gasteiger partial charge in [0, 0.05) is 0 Å². The lowest BCUT2D eigenvalue weighted by molar-refractivity contribution is 0.602. The Balaban J connectivity index is 0.000000321. The van der Waals surface area contributed by atoms with E-state index in [0.29, 0.717) is 0 Å². The van der Waals surface area contributed by atoms with E-state index in [4.69, 9.17) is 5.26 Å². The van der Waals surface area contributed by atoms with Crippen LogP contribution in [0.15, 0.2) is 24.3 Å². The summed E-state index contributed by atoms with van der Waals surface area (Å²) >= 11 is 0. The van der Waals surface area contributed by atoms with Gasteiger partial charge in [-0.25, -0.2) is 0 Å². The molecule has 1 rings (SSSR count). The number of benzene rings is 1. The molecular formula is C17H27N. The van der Waals surface area contributed by atoms with Crippen LogP contribution < -0.4 is 0 Å². The molecule has 0 radical (unpaired) electrons. The van der Waals surface area contributed by atoms with Gasteiger partial charge in [0.25, 0.3) is 0 Å². The highest BCUT2D eigenvalue weighted by atomic mass is 14.2. The SMILES string of the molecule is CCCCCCCCC.Cc1ccc(C#N)cc1. The van der Waals surface area contributed by atoms with Crippen LogP contribution >= 0.6 is 0 Å². The van der Waals surface area contributed by atoms with Gasteiger partial charge in [-0.3, -0.25) is 0 Å². The second kappa shape index (κ2) is 12.2. The van der Waals surface area contributed by atoms with Crippen LogP contribution in [0.5, 0.6) is 0 Å². The second-order valence-electron chi connectivity index (χ2n) is 4.75. The molecule has 0 spiro atoms. The Hall–Kier alpha value is -1.29. The average Bonchev–Trinajstić information content (AvgIpc) is 2.40. The van der Waals surface area contributed by atoms with Crippen LogP contribution in [-0.4, -0.2) is 0 Å².